The molecule has 2 rings (SSSR count). The largest absolute Gasteiger partial charge is 0.388 e. The summed E-state index contributed by atoms with van der Waals surface area (Å²) in [5, 5.41) is 0. The molecule has 0 bridgehead atoms. The minimum Gasteiger partial charge on any atom is -0.388 e. The zero-order valence-corrected chi connectivity index (χ0v) is 13.1. The highest BCUT2D eigenvalue weighted by atomic mass is 32.2. The summed E-state index contributed by atoms with van der Waals surface area (Å²) < 4.78 is 27.0. The van der Waals surface area contributed by atoms with Crippen LogP contribution < -0.4 is 5.73 Å². The lowest BCUT2D eigenvalue weighted by molar-refractivity contribution is 0.250. The SMILES string of the molecule is CCN(CC1CCC1)S(=O)(=O)c1cccnc1C(N)=S. The van der Waals surface area contributed by atoms with Crippen LogP contribution in [0.4, 0.5) is 0 Å². The Kier molecular flexibility index (Phi) is 4.72. The Morgan fingerprint density at radius 1 is 1.55 bits per heavy atom. The van der Waals surface area contributed by atoms with Crippen molar-refractivity contribution in [1.82, 2.24) is 9.29 Å². The zero-order valence-electron chi connectivity index (χ0n) is 11.4. The number of rotatable bonds is 6. The maximum absolute atomic E-state index is 12.7. The molecule has 0 aromatic carbocycles. The van der Waals surface area contributed by atoms with E-state index in [2.05, 4.69) is 4.98 Å². The molecule has 1 aliphatic rings. The molecule has 0 saturated heterocycles. The molecule has 20 heavy (non-hydrogen) atoms. The molecule has 0 aliphatic heterocycles. The van der Waals surface area contributed by atoms with Crippen LogP contribution in [0.5, 0.6) is 0 Å². The molecule has 1 aromatic rings. The van der Waals surface area contributed by atoms with E-state index in [0.29, 0.717) is 19.0 Å². The Morgan fingerprint density at radius 3 is 2.75 bits per heavy atom. The summed E-state index contributed by atoms with van der Waals surface area (Å²) in [4.78, 5) is 4.11. The Morgan fingerprint density at radius 2 is 2.25 bits per heavy atom. The van der Waals surface area contributed by atoms with Gasteiger partial charge in [0.2, 0.25) is 10.0 Å². The average Bonchev–Trinajstić information content (AvgIpc) is 2.37. The number of nitrogens with two attached hydrogens (primary N) is 1. The van der Waals surface area contributed by atoms with Crippen LogP contribution in [0.1, 0.15) is 31.9 Å². The summed E-state index contributed by atoms with van der Waals surface area (Å²) in [7, 11) is -3.59. The fraction of sp³-hybridized carbons (Fsp3) is 0.538. The number of nitrogens with zero attached hydrogens (tertiary/aromatic N) is 2. The smallest absolute Gasteiger partial charge is 0.245 e. The van der Waals surface area contributed by atoms with Gasteiger partial charge in [-0.1, -0.05) is 25.6 Å². The number of aromatic nitrogens is 1. The Balaban J connectivity index is 2.34. The number of sulfonamides is 1. The monoisotopic (exact) mass is 313 g/mol. The number of thiocarbonyl (C=S) groups is 1. The van der Waals surface area contributed by atoms with Crippen LogP contribution in [-0.2, 0) is 10.0 Å². The van der Waals surface area contributed by atoms with Crippen molar-refractivity contribution in [2.75, 3.05) is 13.1 Å². The maximum Gasteiger partial charge on any atom is 0.245 e. The Hall–Kier alpha value is -1.05. The van der Waals surface area contributed by atoms with Gasteiger partial charge >= 0.3 is 0 Å². The van der Waals surface area contributed by atoms with E-state index in [1.165, 1.54) is 23.0 Å². The van der Waals surface area contributed by atoms with Crippen molar-refractivity contribution in [3.63, 3.8) is 0 Å². The molecule has 1 heterocycles. The van der Waals surface area contributed by atoms with E-state index in [1.807, 2.05) is 6.92 Å². The summed E-state index contributed by atoms with van der Waals surface area (Å²) in [6, 6.07) is 3.10. The first-order chi connectivity index (χ1) is 9.46. The summed E-state index contributed by atoms with van der Waals surface area (Å²) in [5.74, 6) is 0.467. The molecule has 1 fully saturated rings. The van der Waals surface area contributed by atoms with E-state index >= 15 is 0 Å². The molecule has 1 aliphatic carbocycles. The molecule has 7 heteroatoms. The number of hydrogen-bond donors (Lipinski definition) is 1. The van der Waals surface area contributed by atoms with E-state index in [9.17, 15) is 8.42 Å². The average molecular weight is 313 g/mol. The lowest BCUT2D eigenvalue weighted by Gasteiger charge is -2.31. The highest BCUT2D eigenvalue weighted by molar-refractivity contribution is 7.89. The van der Waals surface area contributed by atoms with Gasteiger partial charge in [-0.15, -0.1) is 0 Å². The highest BCUT2D eigenvalue weighted by Crippen LogP contribution is 2.29. The Bertz CT molecular complexity index is 597. The molecule has 5 nitrogen and oxygen atoms in total. The Labute approximate surface area is 125 Å². The van der Waals surface area contributed by atoms with Crippen molar-refractivity contribution in [3.8, 4) is 0 Å². The van der Waals surface area contributed by atoms with Gasteiger partial charge in [-0.3, -0.25) is 4.98 Å². The van der Waals surface area contributed by atoms with Crippen molar-refractivity contribution < 1.29 is 8.42 Å². The van der Waals surface area contributed by atoms with Crippen molar-refractivity contribution in [3.05, 3.63) is 24.0 Å². The zero-order chi connectivity index (χ0) is 14.8. The first-order valence-electron chi connectivity index (χ1n) is 6.71. The molecule has 0 radical (unpaired) electrons. The highest BCUT2D eigenvalue weighted by Gasteiger charge is 2.30. The van der Waals surface area contributed by atoms with Crippen LogP contribution in [-0.4, -0.2) is 35.8 Å². The van der Waals surface area contributed by atoms with Gasteiger partial charge in [0, 0.05) is 19.3 Å². The summed E-state index contributed by atoms with van der Waals surface area (Å²) in [6.07, 6.45) is 4.88. The third-order valence-electron chi connectivity index (χ3n) is 3.66. The summed E-state index contributed by atoms with van der Waals surface area (Å²) in [5.41, 5.74) is 5.75. The van der Waals surface area contributed by atoms with Crippen LogP contribution in [0.2, 0.25) is 0 Å². The molecule has 2 N–H and O–H groups in total. The molecule has 110 valence electrons. The van der Waals surface area contributed by atoms with Crippen molar-refractivity contribution in [2.24, 2.45) is 11.7 Å². The molecule has 0 atom stereocenters. The molecule has 0 unspecified atom stereocenters. The van der Waals surface area contributed by atoms with Crippen molar-refractivity contribution in [1.29, 1.82) is 0 Å². The summed E-state index contributed by atoms with van der Waals surface area (Å²) in [6.45, 7) is 2.84. The van der Waals surface area contributed by atoms with E-state index in [4.69, 9.17) is 18.0 Å². The standard InChI is InChI=1S/C13H19N3O2S2/c1-2-16(9-10-5-3-6-10)20(17,18)11-7-4-8-15-12(11)13(14)19/h4,7-8,10H,2-3,5-6,9H2,1H3,(H2,14,19). The molecular weight excluding hydrogens is 294 g/mol. The van der Waals surface area contributed by atoms with Gasteiger partial charge in [-0.25, -0.2) is 8.42 Å². The van der Waals surface area contributed by atoms with Gasteiger partial charge in [-0.2, -0.15) is 4.31 Å². The van der Waals surface area contributed by atoms with Crippen molar-refractivity contribution >= 4 is 27.2 Å². The first-order valence-corrected chi connectivity index (χ1v) is 8.56. The van der Waals surface area contributed by atoms with Crippen molar-refractivity contribution in [2.45, 2.75) is 31.1 Å². The maximum atomic E-state index is 12.7. The number of pyridine rings is 1. The van der Waals surface area contributed by atoms with Crippen LogP contribution in [0.25, 0.3) is 0 Å². The minimum absolute atomic E-state index is 0.00359. The quantitative estimate of drug-likeness (QED) is 0.806. The first kappa shape index (κ1) is 15.3. The van der Waals surface area contributed by atoms with Gasteiger partial charge in [0.25, 0.3) is 0 Å². The molecule has 1 saturated carbocycles. The van der Waals surface area contributed by atoms with Crippen LogP contribution in [0.3, 0.4) is 0 Å². The topological polar surface area (TPSA) is 76.3 Å². The third kappa shape index (κ3) is 2.99. The molecular formula is C13H19N3O2S2. The second-order valence-corrected chi connectivity index (χ2v) is 7.31. The lowest BCUT2D eigenvalue weighted by Crippen LogP contribution is -2.38. The molecule has 0 amide bonds. The molecule has 1 aromatic heterocycles. The predicted octanol–water partition coefficient (Wildman–Crippen LogP) is 1.53. The fourth-order valence-corrected chi connectivity index (χ4v) is 4.19. The minimum atomic E-state index is -3.59. The third-order valence-corrected chi connectivity index (χ3v) is 5.83. The van der Waals surface area contributed by atoms with E-state index in [0.717, 1.165) is 12.8 Å². The predicted molar refractivity (Wildman–Crippen MR) is 81.9 cm³/mol. The second kappa shape index (κ2) is 6.15. The van der Waals surface area contributed by atoms with Gasteiger partial charge < -0.3 is 5.73 Å². The van der Waals surface area contributed by atoms with Gasteiger partial charge in [0.1, 0.15) is 15.6 Å². The van der Waals surface area contributed by atoms with Gasteiger partial charge in [-0.05, 0) is 30.9 Å². The van der Waals surface area contributed by atoms with Crippen LogP contribution in [0, 0.1) is 5.92 Å². The number of hydrogen-bond acceptors (Lipinski definition) is 4. The van der Waals surface area contributed by atoms with E-state index < -0.39 is 10.0 Å². The van der Waals surface area contributed by atoms with Crippen LogP contribution in [0.15, 0.2) is 23.2 Å². The fourth-order valence-electron chi connectivity index (χ4n) is 2.28. The van der Waals surface area contributed by atoms with E-state index in [-0.39, 0.29) is 15.6 Å². The lowest BCUT2D eigenvalue weighted by atomic mass is 9.85. The molecule has 0 spiro atoms. The van der Waals surface area contributed by atoms with E-state index in [1.54, 1.807) is 6.07 Å². The second-order valence-electron chi connectivity index (χ2n) is 4.97. The normalized spacial score (nSPS) is 16.1. The van der Waals surface area contributed by atoms with Crippen LogP contribution >= 0.6 is 12.2 Å². The van der Waals surface area contributed by atoms with Gasteiger partial charge in [0.15, 0.2) is 0 Å². The summed E-state index contributed by atoms with van der Waals surface area (Å²) >= 11 is 4.90. The van der Waals surface area contributed by atoms with Gasteiger partial charge in [0.05, 0.1) is 0 Å².